The molecule has 140 valence electrons. The van der Waals surface area contributed by atoms with Gasteiger partial charge in [0.05, 0.1) is 17.2 Å². The molecule has 3 rings (SSSR count). The van der Waals surface area contributed by atoms with E-state index in [2.05, 4.69) is 11.9 Å². The minimum atomic E-state index is -1.11. The monoisotopic (exact) mass is 391 g/mol. The Balaban J connectivity index is 1.81. The maximum absolute atomic E-state index is 13.4. The summed E-state index contributed by atoms with van der Waals surface area (Å²) in [7, 11) is 0. The molecule has 0 spiro atoms. The summed E-state index contributed by atoms with van der Waals surface area (Å²) >= 11 is 5.89. The third-order valence-corrected chi connectivity index (χ3v) is 4.12. The SMILES string of the molecule is CCCCOc1ccc(C=C2N=C(c3cc(F)c(F)cc3Cl)OC2=O)cc1. The third kappa shape index (κ3) is 4.52. The molecule has 0 atom stereocenters. The van der Waals surface area contributed by atoms with Gasteiger partial charge in [0.2, 0.25) is 5.90 Å². The number of nitrogens with zero attached hydrogens (tertiary/aromatic N) is 1. The van der Waals surface area contributed by atoms with E-state index in [1.54, 1.807) is 24.3 Å². The molecule has 2 aromatic rings. The summed E-state index contributed by atoms with van der Waals surface area (Å²) in [5.41, 5.74) is 0.753. The number of ether oxygens (including phenoxy) is 2. The molecule has 0 aliphatic carbocycles. The van der Waals surface area contributed by atoms with Gasteiger partial charge in [0.25, 0.3) is 0 Å². The van der Waals surface area contributed by atoms with Crippen molar-refractivity contribution in [1.29, 1.82) is 0 Å². The molecule has 0 fully saturated rings. The van der Waals surface area contributed by atoms with Crippen LogP contribution in [0.1, 0.15) is 30.9 Å². The molecule has 27 heavy (non-hydrogen) atoms. The van der Waals surface area contributed by atoms with Crippen molar-refractivity contribution in [2.75, 3.05) is 6.61 Å². The van der Waals surface area contributed by atoms with Crippen molar-refractivity contribution in [2.24, 2.45) is 4.99 Å². The summed E-state index contributed by atoms with van der Waals surface area (Å²) in [5.74, 6) is -2.34. The molecule has 1 aliphatic rings. The Bertz CT molecular complexity index is 924. The highest BCUT2D eigenvalue weighted by molar-refractivity contribution is 6.34. The molecule has 4 nitrogen and oxygen atoms in total. The fourth-order valence-electron chi connectivity index (χ4n) is 2.36. The van der Waals surface area contributed by atoms with Crippen LogP contribution in [0.4, 0.5) is 8.78 Å². The average Bonchev–Trinajstić information content (AvgIpc) is 3.00. The van der Waals surface area contributed by atoms with Gasteiger partial charge in [-0.25, -0.2) is 18.6 Å². The van der Waals surface area contributed by atoms with E-state index in [1.165, 1.54) is 6.08 Å². The predicted molar refractivity (Wildman–Crippen MR) is 98.8 cm³/mol. The minimum Gasteiger partial charge on any atom is -0.494 e. The number of hydrogen-bond acceptors (Lipinski definition) is 4. The van der Waals surface area contributed by atoms with Crippen molar-refractivity contribution < 1.29 is 23.0 Å². The molecule has 0 radical (unpaired) electrons. The van der Waals surface area contributed by atoms with Gasteiger partial charge in [0, 0.05) is 0 Å². The van der Waals surface area contributed by atoms with E-state index in [0.29, 0.717) is 12.2 Å². The first-order chi connectivity index (χ1) is 13.0. The molecule has 1 aliphatic heterocycles. The second-order valence-electron chi connectivity index (χ2n) is 5.85. The standard InChI is InChI=1S/C20H16ClF2NO3/c1-2-3-8-26-13-6-4-12(5-7-13)9-18-20(25)27-19(24-18)14-10-16(22)17(23)11-15(14)21/h4-7,9-11H,2-3,8H2,1H3. The van der Waals surface area contributed by atoms with Crippen molar-refractivity contribution in [1.82, 2.24) is 0 Å². The molecule has 0 N–H and O–H groups in total. The summed E-state index contributed by atoms with van der Waals surface area (Å²) in [4.78, 5) is 16.1. The lowest BCUT2D eigenvalue weighted by Crippen LogP contribution is -2.07. The van der Waals surface area contributed by atoms with Crippen molar-refractivity contribution in [3.63, 3.8) is 0 Å². The van der Waals surface area contributed by atoms with Crippen LogP contribution in [0, 0.1) is 11.6 Å². The van der Waals surface area contributed by atoms with Crippen LogP contribution in [0.25, 0.3) is 6.08 Å². The van der Waals surface area contributed by atoms with E-state index in [4.69, 9.17) is 21.1 Å². The normalized spacial score (nSPS) is 15.0. The number of esters is 1. The van der Waals surface area contributed by atoms with E-state index in [0.717, 1.165) is 30.7 Å². The number of carbonyl (C=O) groups excluding carboxylic acids is 1. The Morgan fingerprint density at radius 1 is 1.19 bits per heavy atom. The molecule has 0 saturated carbocycles. The third-order valence-electron chi connectivity index (χ3n) is 3.81. The quantitative estimate of drug-likeness (QED) is 0.296. The van der Waals surface area contributed by atoms with E-state index in [1.807, 2.05) is 0 Å². The first-order valence-corrected chi connectivity index (χ1v) is 8.76. The Morgan fingerprint density at radius 2 is 1.89 bits per heavy atom. The van der Waals surface area contributed by atoms with E-state index < -0.39 is 17.6 Å². The molecule has 2 aromatic carbocycles. The maximum Gasteiger partial charge on any atom is 0.363 e. The fourth-order valence-corrected chi connectivity index (χ4v) is 2.59. The molecule has 7 heteroatoms. The van der Waals surface area contributed by atoms with Crippen molar-refractivity contribution in [3.8, 4) is 5.75 Å². The molecule has 0 unspecified atom stereocenters. The number of carbonyl (C=O) groups is 1. The van der Waals surface area contributed by atoms with Crippen LogP contribution in [0.15, 0.2) is 47.1 Å². The number of hydrogen-bond donors (Lipinski definition) is 0. The smallest absolute Gasteiger partial charge is 0.363 e. The van der Waals surface area contributed by atoms with Gasteiger partial charge < -0.3 is 9.47 Å². The Kier molecular flexibility index (Phi) is 5.86. The Morgan fingerprint density at radius 3 is 2.59 bits per heavy atom. The highest BCUT2D eigenvalue weighted by atomic mass is 35.5. The lowest BCUT2D eigenvalue weighted by atomic mass is 10.2. The van der Waals surface area contributed by atoms with Gasteiger partial charge in [-0.1, -0.05) is 37.1 Å². The van der Waals surface area contributed by atoms with Crippen LogP contribution in [-0.2, 0) is 9.53 Å². The summed E-state index contributed by atoms with van der Waals surface area (Å²) in [6.07, 6.45) is 3.55. The molecule has 0 bridgehead atoms. The highest BCUT2D eigenvalue weighted by Gasteiger charge is 2.26. The fraction of sp³-hybridized carbons (Fsp3) is 0.200. The first-order valence-electron chi connectivity index (χ1n) is 8.38. The van der Waals surface area contributed by atoms with Crippen LogP contribution in [-0.4, -0.2) is 18.5 Å². The van der Waals surface area contributed by atoms with Gasteiger partial charge in [-0.05, 0) is 42.3 Å². The Labute approximate surface area is 160 Å². The second-order valence-corrected chi connectivity index (χ2v) is 6.26. The molecule has 1 heterocycles. The zero-order chi connectivity index (χ0) is 19.4. The number of aliphatic imine (C=N–C) groups is 1. The minimum absolute atomic E-state index is 0.00647. The number of cyclic esters (lactones) is 1. The predicted octanol–water partition coefficient (Wildman–Crippen LogP) is 5.14. The molecule has 0 amide bonds. The number of benzene rings is 2. The van der Waals surface area contributed by atoms with Gasteiger partial charge in [-0.2, -0.15) is 0 Å². The van der Waals surface area contributed by atoms with Gasteiger partial charge >= 0.3 is 5.97 Å². The van der Waals surface area contributed by atoms with Crippen LogP contribution >= 0.6 is 11.6 Å². The van der Waals surface area contributed by atoms with E-state index in [9.17, 15) is 13.6 Å². The summed E-state index contributed by atoms with van der Waals surface area (Å²) < 4.78 is 37.3. The second kappa shape index (κ2) is 8.31. The molecule has 0 aromatic heterocycles. The van der Waals surface area contributed by atoms with Crippen molar-refractivity contribution >= 4 is 29.5 Å². The largest absolute Gasteiger partial charge is 0.494 e. The lowest BCUT2D eigenvalue weighted by Gasteiger charge is -2.05. The van der Waals surface area contributed by atoms with Gasteiger partial charge in [-0.15, -0.1) is 0 Å². The van der Waals surface area contributed by atoms with Crippen LogP contribution in [0.5, 0.6) is 5.75 Å². The zero-order valence-corrected chi connectivity index (χ0v) is 15.2. The first kappa shape index (κ1) is 19.0. The number of unbranched alkanes of at least 4 members (excludes halogenated alkanes) is 1. The Hall–Kier alpha value is -2.73. The number of halogens is 3. The molecule has 0 saturated heterocycles. The molecular formula is C20H16ClF2NO3. The van der Waals surface area contributed by atoms with Crippen molar-refractivity contribution in [3.05, 3.63) is 69.9 Å². The highest BCUT2D eigenvalue weighted by Crippen LogP contribution is 2.26. The lowest BCUT2D eigenvalue weighted by molar-refractivity contribution is -0.129. The summed E-state index contributed by atoms with van der Waals surface area (Å²) in [5, 5.41) is -0.102. The van der Waals surface area contributed by atoms with Crippen LogP contribution in [0.2, 0.25) is 5.02 Å². The van der Waals surface area contributed by atoms with Crippen LogP contribution in [0.3, 0.4) is 0 Å². The van der Waals surface area contributed by atoms with E-state index in [-0.39, 0.29) is 22.2 Å². The summed E-state index contributed by atoms with van der Waals surface area (Å²) in [6, 6.07) is 8.79. The maximum atomic E-state index is 13.4. The summed E-state index contributed by atoms with van der Waals surface area (Å²) in [6.45, 7) is 2.73. The zero-order valence-electron chi connectivity index (χ0n) is 14.5. The van der Waals surface area contributed by atoms with Gasteiger partial charge in [-0.3, -0.25) is 0 Å². The topological polar surface area (TPSA) is 47.9 Å². The van der Waals surface area contributed by atoms with E-state index >= 15 is 0 Å². The van der Waals surface area contributed by atoms with Gasteiger partial charge in [0.1, 0.15) is 5.75 Å². The average molecular weight is 392 g/mol. The molecular weight excluding hydrogens is 376 g/mol. The van der Waals surface area contributed by atoms with Gasteiger partial charge in [0.15, 0.2) is 17.3 Å². The van der Waals surface area contributed by atoms with Crippen molar-refractivity contribution in [2.45, 2.75) is 19.8 Å². The van der Waals surface area contributed by atoms with Crippen LogP contribution < -0.4 is 4.74 Å². The number of rotatable bonds is 6.